The van der Waals surface area contributed by atoms with Crippen LogP contribution >= 0.6 is 0 Å². The van der Waals surface area contributed by atoms with Gasteiger partial charge in [0.05, 0.1) is 17.5 Å². The van der Waals surface area contributed by atoms with E-state index in [-0.39, 0.29) is 11.5 Å². The highest BCUT2D eigenvalue weighted by atomic mass is 16.2. The molecule has 0 unspecified atom stereocenters. The summed E-state index contributed by atoms with van der Waals surface area (Å²) in [6.07, 6.45) is 2.28. The molecule has 0 aliphatic heterocycles. The number of hydrogen-bond donors (Lipinski definition) is 2. The molecule has 8 nitrogen and oxygen atoms in total. The van der Waals surface area contributed by atoms with E-state index >= 15 is 0 Å². The first-order valence-electron chi connectivity index (χ1n) is 8.74. The number of aromatic nitrogens is 4. The third kappa shape index (κ3) is 4.29. The lowest BCUT2D eigenvalue weighted by atomic mass is 10.1. The summed E-state index contributed by atoms with van der Waals surface area (Å²) in [6.45, 7) is 3.22. The van der Waals surface area contributed by atoms with Crippen LogP contribution in [0.3, 0.4) is 0 Å². The Hall–Kier alpha value is -3.26. The van der Waals surface area contributed by atoms with Gasteiger partial charge in [-0.3, -0.25) is 9.59 Å². The van der Waals surface area contributed by atoms with Crippen LogP contribution in [0.1, 0.15) is 21.6 Å². The van der Waals surface area contributed by atoms with Crippen LogP contribution in [-0.2, 0) is 6.42 Å². The maximum Gasteiger partial charge on any atom is 0.264 e. The summed E-state index contributed by atoms with van der Waals surface area (Å²) in [7, 11) is 0. The zero-order valence-corrected chi connectivity index (χ0v) is 15.1. The largest absolute Gasteiger partial charge is 0.337 e. The molecule has 0 aliphatic rings. The zero-order valence-electron chi connectivity index (χ0n) is 15.1. The molecule has 140 valence electrons. The van der Waals surface area contributed by atoms with E-state index in [1.165, 1.54) is 16.9 Å². The van der Waals surface area contributed by atoms with Crippen molar-refractivity contribution in [1.29, 1.82) is 0 Å². The Morgan fingerprint density at radius 1 is 1.19 bits per heavy atom. The van der Waals surface area contributed by atoms with Gasteiger partial charge in [-0.2, -0.15) is 10.2 Å². The van der Waals surface area contributed by atoms with E-state index < -0.39 is 0 Å². The van der Waals surface area contributed by atoms with Gasteiger partial charge in [-0.25, -0.2) is 9.78 Å². The van der Waals surface area contributed by atoms with E-state index in [9.17, 15) is 9.59 Å². The van der Waals surface area contributed by atoms with E-state index in [2.05, 4.69) is 15.3 Å². The quantitative estimate of drug-likeness (QED) is 0.646. The summed E-state index contributed by atoms with van der Waals surface area (Å²) >= 11 is 0. The van der Waals surface area contributed by atoms with Crippen LogP contribution in [0.2, 0.25) is 0 Å². The van der Waals surface area contributed by atoms with E-state index in [1.807, 2.05) is 30.3 Å². The number of H-pyrrole nitrogens is 1. The van der Waals surface area contributed by atoms with Gasteiger partial charge in [0, 0.05) is 25.7 Å². The maximum absolute atomic E-state index is 13.0. The van der Waals surface area contributed by atoms with Crippen molar-refractivity contribution in [2.24, 2.45) is 5.73 Å². The highest BCUT2D eigenvalue weighted by Gasteiger charge is 2.21. The molecule has 0 radical (unpaired) electrons. The number of rotatable bonds is 7. The predicted molar refractivity (Wildman–Crippen MR) is 102 cm³/mol. The molecular weight excluding hydrogens is 344 g/mol. The van der Waals surface area contributed by atoms with Crippen LogP contribution in [0.5, 0.6) is 0 Å². The smallest absolute Gasteiger partial charge is 0.264 e. The fourth-order valence-corrected chi connectivity index (χ4v) is 2.86. The number of aromatic amines is 1. The Balaban J connectivity index is 1.79. The van der Waals surface area contributed by atoms with E-state index in [4.69, 9.17) is 5.73 Å². The van der Waals surface area contributed by atoms with Crippen molar-refractivity contribution in [1.82, 2.24) is 24.9 Å². The molecule has 3 rings (SSSR count). The first kappa shape index (κ1) is 18.5. The van der Waals surface area contributed by atoms with Gasteiger partial charge in [0.25, 0.3) is 11.5 Å². The van der Waals surface area contributed by atoms with E-state index in [1.54, 1.807) is 17.9 Å². The highest BCUT2D eigenvalue weighted by Crippen LogP contribution is 2.14. The molecule has 2 heterocycles. The molecule has 0 spiro atoms. The fourth-order valence-electron chi connectivity index (χ4n) is 2.86. The molecule has 27 heavy (non-hydrogen) atoms. The third-order valence-electron chi connectivity index (χ3n) is 4.32. The number of amides is 1. The first-order valence-corrected chi connectivity index (χ1v) is 8.74. The molecule has 0 bridgehead atoms. The summed E-state index contributed by atoms with van der Waals surface area (Å²) in [4.78, 5) is 25.9. The van der Waals surface area contributed by atoms with Crippen molar-refractivity contribution >= 4 is 5.91 Å². The van der Waals surface area contributed by atoms with Gasteiger partial charge in [0.1, 0.15) is 0 Å². The van der Waals surface area contributed by atoms with Gasteiger partial charge >= 0.3 is 0 Å². The highest BCUT2D eigenvalue weighted by molar-refractivity contribution is 5.95. The molecule has 8 heteroatoms. The summed E-state index contributed by atoms with van der Waals surface area (Å²) in [5, 5.41) is 10.6. The average Bonchev–Trinajstić information content (AvgIpc) is 3.07. The van der Waals surface area contributed by atoms with Gasteiger partial charge in [-0.05, 0) is 25.0 Å². The Morgan fingerprint density at radius 2 is 1.96 bits per heavy atom. The van der Waals surface area contributed by atoms with Gasteiger partial charge in [0.2, 0.25) is 0 Å². The molecule has 3 aromatic rings. The second-order valence-electron chi connectivity index (χ2n) is 6.15. The molecule has 0 atom stereocenters. The van der Waals surface area contributed by atoms with Crippen LogP contribution in [0.25, 0.3) is 5.82 Å². The predicted octanol–water partition coefficient (Wildman–Crippen LogP) is 0.908. The van der Waals surface area contributed by atoms with Gasteiger partial charge in [-0.15, -0.1) is 0 Å². The lowest BCUT2D eigenvalue weighted by Gasteiger charge is -2.22. The number of nitrogens with one attached hydrogen (secondary N) is 1. The molecule has 0 saturated heterocycles. The van der Waals surface area contributed by atoms with Crippen LogP contribution < -0.4 is 11.3 Å². The van der Waals surface area contributed by atoms with Gasteiger partial charge in [-0.1, -0.05) is 30.3 Å². The number of hydrogen-bond acceptors (Lipinski definition) is 5. The third-order valence-corrected chi connectivity index (χ3v) is 4.32. The number of benzene rings is 1. The maximum atomic E-state index is 13.0. The van der Waals surface area contributed by atoms with Crippen molar-refractivity contribution in [3.63, 3.8) is 0 Å². The van der Waals surface area contributed by atoms with Crippen molar-refractivity contribution in [2.45, 2.75) is 13.3 Å². The number of carbonyl (C=O) groups is 1. The number of nitrogens with two attached hydrogens (primary N) is 1. The normalized spacial score (nSPS) is 10.7. The topological polar surface area (TPSA) is 110 Å². The van der Waals surface area contributed by atoms with Crippen molar-refractivity contribution in [3.05, 3.63) is 75.8 Å². The minimum Gasteiger partial charge on any atom is -0.337 e. The zero-order chi connectivity index (χ0) is 19.2. The number of carbonyl (C=O) groups excluding carboxylic acids is 1. The van der Waals surface area contributed by atoms with E-state index in [0.717, 1.165) is 12.0 Å². The Labute approximate surface area is 156 Å². The Bertz CT molecular complexity index is 943. The molecule has 2 aromatic heterocycles. The summed E-state index contributed by atoms with van der Waals surface area (Å²) in [5.41, 5.74) is 7.72. The molecule has 0 aliphatic carbocycles. The fraction of sp³-hybridized carbons (Fsp3) is 0.263. The van der Waals surface area contributed by atoms with E-state index in [0.29, 0.717) is 36.7 Å². The molecule has 0 fully saturated rings. The first-order chi connectivity index (χ1) is 13.1. The standard InChI is InChI=1S/C19H22N6O2/c1-14-16(13-21-25(14)17-7-8-18(26)23-22-17)19(27)24(12-10-20)11-9-15-5-3-2-4-6-15/h2-8,13H,9-12,20H2,1H3,(H,23,26). The molecule has 1 amide bonds. The number of nitrogens with zero attached hydrogens (tertiary/aromatic N) is 4. The minimum absolute atomic E-state index is 0.121. The second-order valence-corrected chi connectivity index (χ2v) is 6.15. The minimum atomic E-state index is -0.296. The summed E-state index contributed by atoms with van der Waals surface area (Å²) in [6, 6.07) is 12.9. The summed E-state index contributed by atoms with van der Waals surface area (Å²) in [5.74, 6) is 0.324. The van der Waals surface area contributed by atoms with Gasteiger partial charge < -0.3 is 10.6 Å². The lowest BCUT2D eigenvalue weighted by molar-refractivity contribution is 0.0761. The second kappa shape index (κ2) is 8.41. The Morgan fingerprint density at radius 3 is 2.63 bits per heavy atom. The summed E-state index contributed by atoms with van der Waals surface area (Å²) < 4.78 is 1.53. The van der Waals surface area contributed by atoms with Crippen LogP contribution in [0, 0.1) is 6.92 Å². The molecule has 1 aromatic carbocycles. The monoisotopic (exact) mass is 366 g/mol. The lowest BCUT2D eigenvalue weighted by Crippen LogP contribution is -2.37. The Kier molecular flexibility index (Phi) is 5.77. The van der Waals surface area contributed by atoms with Crippen molar-refractivity contribution in [3.8, 4) is 5.82 Å². The molecule has 3 N–H and O–H groups in total. The van der Waals surface area contributed by atoms with Crippen molar-refractivity contribution in [2.75, 3.05) is 19.6 Å². The van der Waals surface area contributed by atoms with Crippen LogP contribution in [0.15, 0.2) is 53.5 Å². The average molecular weight is 366 g/mol. The van der Waals surface area contributed by atoms with Crippen molar-refractivity contribution < 1.29 is 4.79 Å². The molecule has 0 saturated carbocycles. The SMILES string of the molecule is Cc1c(C(=O)N(CCN)CCc2ccccc2)cnn1-c1ccc(=O)[nH]n1. The van der Waals surface area contributed by atoms with Crippen LogP contribution in [-0.4, -0.2) is 50.4 Å². The van der Waals surface area contributed by atoms with Gasteiger partial charge in [0.15, 0.2) is 5.82 Å². The van der Waals surface area contributed by atoms with Crippen LogP contribution in [0.4, 0.5) is 0 Å². The molecular formula is C19H22N6O2.